The van der Waals surface area contributed by atoms with Gasteiger partial charge >= 0.3 is 0 Å². The van der Waals surface area contributed by atoms with Gasteiger partial charge < -0.3 is 10.1 Å². The van der Waals surface area contributed by atoms with Crippen molar-refractivity contribution in [2.45, 2.75) is 22.6 Å². The largest absolute Gasteiger partial charge is 0.495 e. The van der Waals surface area contributed by atoms with Gasteiger partial charge in [0.2, 0.25) is 15.9 Å². The minimum absolute atomic E-state index is 0.0905. The maximum absolute atomic E-state index is 13.0. The Kier molecular flexibility index (Phi) is 8.08. The number of amides is 1. The van der Waals surface area contributed by atoms with Gasteiger partial charge in [-0.1, -0.05) is 41.9 Å². The number of sulfonamides is 2. The molecule has 0 bridgehead atoms. The molecule has 1 heterocycles. The fourth-order valence-corrected chi connectivity index (χ4v) is 6.87. The minimum Gasteiger partial charge on any atom is -0.495 e. The molecule has 0 atom stereocenters. The molecule has 2 N–H and O–H groups in total. The van der Waals surface area contributed by atoms with Crippen molar-refractivity contribution in [2.24, 2.45) is 5.92 Å². The third-order valence-corrected chi connectivity index (χ3v) is 9.67. The number of carbonyl (C=O) groups excluding carboxylic acids is 1. The summed E-state index contributed by atoms with van der Waals surface area (Å²) in [6.45, 7) is 0.394. The number of anilines is 2. The Morgan fingerprint density at radius 3 is 2.19 bits per heavy atom. The number of benzene rings is 3. The standard InChI is InChI=1S/C25H26ClN3O6S2/c1-35-24-12-11-20(36(31,32)28-22-10-6-5-9-21(22)26)17-23(24)27-25(30)18-13-15-29(16-14-18)37(33,34)19-7-3-2-4-8-19/h2-12,17-18,28H,13-16H2,1H3,(H,27,30). The average molecular weight is 564 g/mol. The number of hydrogen-bond acceptors (Lipinski definition) is 6. The Bertz CT molecular complexity index is 1490. The van der Waals surface area contributed by atoms with Crippen LogP contribution in [0.15, 0.2) is 82.6 Å². The summed E-state index contributed by atoms with van der Waals surface area (Å²) in [5.74, 6) is -0.508. The van der Waals surface area contributed by atoms with Crippen LogP contribution in [0.25, 0.3) is 0 Å². The van der Waals surface area contributed by atoms with Gasteiger partial charge in [-0.3, -0.25) is 9.52 Å². The molecule has 196 valence electrons. The number of piperidine rings is 1. The fraction of sp³-hybridized carbons (Fsp3) is 0.240. The number of halogens is 1. The summed E-state index contributed by atoms with van der Waals surface area (Å²) < 4.78 is 60.8. The zero-order valence-corrected chi connectivity index (χ0v) is 22.3. The Labute approximate surface area is 221 Å². The van der Waals surface area contributed by atoms with Gasteiger partial charge in [0.05, 0.1) is 33.3 Å². The van der Waals surface area contributed by atoms with Crippen LogP contribution in [0.3, 0.4) is 0 Å². The molecule has 1 saturated heterocycles. The third-order valence-electron chi connectivity index (χ3n) is 6.06. The van der Waals surface area contributed by atoms with Crippen LogP contribution in [-0.4, -0.2) is 47.2 Å². The second-order valence-corrected chi connectivity index (χ2v) is 12.5. The minimum atomic E-state index is -4.01. The SMILES string of the molecule is COc1ccc(S(=O)(=O)Nc2ccccc2Cl)cc1NC(=O)C1CCN(S(=O)(=O)c2ccccc2)CC1. The van der Waals surface area contributed by atoms with E-state index in [2.05, 4.69) is 10.0 Å². The first-order valence-electron chi connectivity index (χ1n) is 11.4. The highest BCUT2D eigenvalue weighted by Crippen LogP contribution is 2.31. The molecule has 1 aliphatic rings. The summed E-state index contributed by atoms with van der Waals surface area (Å²) in [5, 5.41) is 3.00. The highest BCUT2D eigenvalue weighted by atomic mass is 35.5. The van der Waals surface area contributed by atoms with Crippen LogP contribution in [-0.2, 0) is 24.8 Å². The first kappa shape index (κ1) is 26.9. The lowest BCUT2D eigenvalue weighted by atomic mass is 9.97. The number of hydrogen-bond donors (Lipinski definition) is 2. The van der Waals surface area contributed by atoms with E-state index in [0.717, 1.165) is 0 Å². The molecule has 4 rings (SSSR count). The summed E-state index contributed by atoms with van der Waals surface area (Å²) in [7, 11) is -6.23. The molecule has 0 radical (unpaired) electrons. The highest BCUT2D eigenvalue weighted by molar-refractivity contribution is 7.92. The number of nitrogens with zero attached hydrogens (tertiary/aromatic N) is 1. The first-order chi connectivity index (χ1) is 17.6. The molecule has 0 aromatic heterocycles. The van der Waals surface area contributed by atoms with Crippen LogP contribution in [0.2, 0.25) is 5.02 Å². The van der Waals surface area contributed by atoms with Crippen LogP contribution >= 0.6 is 11.6 Å². The molecule has 37 heavy (non-hydrogen) atoms. The number of ether oxygens (including phenoxy) is 1. The zero-order chi connectivity index (χ0) is 26.6. The Morgan fingerprint density at radius 1 is 0.892 bits per heavy atom. The predicted molar refractivity (Wildman–Crippen MR) is 142 cm³/mol. The van der Waals surface area contributed by atoms with Crippen LogP contribution < -0.4 is 14.8 Å². The summed E-state index contributed by atoms with van der Waals surface area (Å²) in [6, 6.07) is 18.7. The molecule has 0 spiro atoms. The molecule has 0 saturated carbocycles. The molecular formula is C25H26ClN3O6S2. The van der Waals surface area contributed by atoms with Crippen molar-refractivity contribution in [3.8, 4) is 5.75 Å². The molecule has 1 fully saturated rings. The van der Waals surface area contributed by atoms with Gasteiger partial charge in [-0.2, -0.15) is 4.31 Å². The maximum Gasteiger partial charge on any atom is 0.262 e. The van der Waals surface area contributed by atoms with E-state index in [1.54, 1.807) is 48.5 Å². The number of carbonyl (C=O) groups is 1. The molecule has 3 aromatic rings. The van der Waals surface area contributed by atoms with Crippen molar-refractivity contribution in [1.29, 1.82) is 0 Å². The van der Waals surface area contributed by atoms with Crippen molar-refractivity contribution in [3.63, 3.8) is 0 Å². The number of methoxy groups -OCH3 is 1. The van der Waals surface area contributed by atoms with Crippen molar-refractivity contribution >= 4 is 48.9 Å². The van der Waals surface area contributed by atoms with E-state index in [-0.39, 0.29) is 50.9 Å². The quantitative estimate of drug-likeness (QED) is 0.424. The second-order valence-electron chi connectivity index (χ2n) is 8.43. The van der Waals surface area contributed by atoms with E-state index in [1.807, 2.05) is 0 Å². The number of para-hydroxylation sites is 1. The Morgan fingerprint density at radius 2 is 1.54 bits per heavy atom. The van der Waals surface area contributed by atoms with Gasteiger partial charge in [-0.15, -0.1) is 0 Å². The summed E-state index contributed by atoms with van der Waals surface area (Å²) in [6.07, 6.45) is 0.651. The smallest absolute Gasteiger partial charge is 0.262 e. The normalized spacial score (nSPS) is 15.2. The van der Waals surface area contributed by atoms with E-state index < -0.39 is 26.0 Å². The van der Waals surface area contributed by atoms with E-state index in [0.29, 0.717) is 12.8 Å². The van der Waals surface area contributed by atoms with Crippen molar-refractivity contribution in [3.05, 3.63) is 77.8 Å². The second kappa shape index (κ2) is 11.1. The van der Waals surface area contributed by atoms with E-state index in [4.69, 9.17) is 16.3 Å². The lowest BCUT2D eigenvalue weighted by Crippen LogP contribution is -2.41. The van der Waals surface area contributed by atoms with Crippen LogP contribution in [0, 0.1) is 5.92 Å². The van der Waals surface area contributed by atoms with E-state index in [9.17, 15) is 21.6 Å². The van der Waals surface area contributed by atoms with Crippen LogP contribution in [0.4, 0.5) is 11.4 Å². The summed E-state index contributed by atoms with van der Waals surface area (Å²) >= 11 is 6.08. The van der Waals surface area contributed by atoms with Gasteiger partial charge in [-0.25, -0.2) is 16.8 Å². The fourth-order valence-electron chi connectivity index (χ4n) is 4.03. The van der Waals surface area contributed by atoms with Crippen LogP contribution in [0.5, 0.6) is 5.75 Å². The Balaban J connectivity index is 1.46. The van der Waals surface area contributed by atoms with Gasteiger partial charge in [0.25, 0.3) is 10.0 Å². The zero-order valence-electron chi connectivity index (χ0n) is 19.9. The molecule has 12 heteroatoms. The molecule has 1 amide bonds. The average Bonchev–Trinajstić information content (AvgIpc) is 2.90. The molecule has 0 unspecified atom stereocenters. The predicted octanol–water partition coefficient (Wildman–Crippen LogP) is 4.19. The third kappa shape index (κ3) is 6.07. The molecule has 3 aromatic carbocycles. The Hall–Kier alpha value is -3.12. The molecular weight excluding hydrogens is 538 g/mol. The highest BCUT2D eigenvalue weighted by Gasteiger charge is 2.32. The molecule has 0 aliphatic carbocycles. The lowest BCUT2D eigenvalue weighted by molar-refractivity contribution is -0.120. The van der Waals surface area contributed by atoms with Gasteiger partial charge in [0, 0.05) is 19.0 Å². The number of nitrogens with one attached hydrogen (secondary N) is 2. The van der Waals surface area contributed by atoms with E-state index >= 15 is 0 Å². The molecule has 9 nitrogen and oxygen atoms in total. The van der Waals surface area contributed by atoms with Crippen LogP contribution in [0.1, 0.15) is 12.8 Å². The van der Waals surface area contributed by atoms with Crippen molar-refractivity contribution in [1.82, 2.24) is 4.31 Å². The van der Waals surface area contributed by atoms with Gasteiger partial charge in [0.15, 0.2) is 0 Å². The monoisotopic (exact) mass is 563 g/mol. The summed E-state index contributed by atoms with van der Waals surface area (Å²) in [4.78, 5) is 13.2. The van der Waals surface area contributed by atoms with Gasteiger partial charge in [-0.05, 0) is 55.3 Å². The molecule has 1 aliphatic heterocycles. The number of rotatable bonds is 8. The van der Waals surface area contributed by atoms with Crippen molar-refractivity contribution < 1.29 is 26.4 Å². The van der Waals surface area contributed by atoms with Gasteiger partial charge in [0.1, 0.15) is 5.75 Å². The lowest BCUT2D eigenvalue weighted by Gasteiger charge is -2.30. The maximum atomic E-state index is 13.0. The topological polar surface area (TPSA) is 122 Å². The van der Waals surface area contributed by atoms with Crippen molar-refractivity contribution in [2.75, 3.05) is 30.2 Å². The first-order valence-corrected chi connectivity index (χ1v) is 14.7. The van der Waals surface area contributed by atoms with E-state index in [1.165, 1.54) is 35.7 Å². The summed E-state index contributed by atoms with van der Waals surface area (Å²) in [5.41, 5.74) is 0.414.